The maximum absolute atomic E-state index is 14.2. The Morgan fingerprint density at radius 1 is 0.783 bits per heavy atom. The third-order valence-electron chi connectivity index (χ3n) is 9.06. The molecule has 0 radical (unpaired) electrons. The number of Topliss-reactive ketones (excluding diaryl/α,β-unsaturated/α-hetero) is 2. The molecular weight excluding hydrogens is 641 g/mol. The standard InChI is InChI=1S/C37H37Cl2NO5S/c1-22-11-13-25(14-12-22)46(43,44)45-35-26(38)15-24(16-27(35)39)32-33-28(17-36(2,3)19-30(33)41)40(21-23-9-7-6-8-10-23)29-18-37(4,5)20-31(42)34(29)32/h6-16,32H,17-21H2,1-5H3. The van der Waals surface area contributed by atoms with Crippen molar-refractivity contribution in [2.45, 2.75) is 77.7 Å². The van der Waals surface area contributed by atoms with E-state index in [0.717, 1.165) is 22.5 Å². The Morgan fingerprint density at radius 3 is 1.78 bits per heavy atom. The van der Waals surface area contributed by atoms with Crippen LogP contribution in [0.3, 0.4) is 0 Å². The van der Waals surface area contributed by atoms with Crippen LogP contribution >= 0.6 is 23.2 Å². The molecule has 3 aliphatic rings. The lowest BCUT2D eigenvalue weighted by Crippen LogP contribution is -2.44. The van der Waals surface area contributed by atoms with Gasteiger partial charge in [0.1, 0.15) is 4.90 Å². The van der Waals surface area contributed by atoms with Gasteiger partial charge < -0.3 is 9.08 Å². The number of carbonyl (C=O) groups is 2. The van der Waals surface area contributed by atoms with Crippen LogP contribution in [0.1, 0.15) is 76.0 Å². The largest absolute Gasteiger partial charge is 0.376 e. The van der Waals surface area contributed by atoms with E-state index in [9.17, 15) is 18.0 Å². The zero-order valence-electron chi connectivity index (χ0n) is 26.6. The summed E-state index contributed by atoms with van der Waals surface area (Å²) in [5.74, 6) is -0.937. The van der Waals surface area contributed by atoms with Gasteiger partial charge in [-0.1, -0.05) is 98.9 Å². The van der Waals surface area contributed by atoms with E-state index in [1.807, 2.05) is 25.1 Å². The van der Waals surface area contributed by atoms with Crippen LogP contribution < -0.4 is 4.18 Å². The highest BCUT2D eigenvalue weighted by Crippen LogP contribution is 2.55. The van der Waals surface area contributed by atoms with E-state index in [2.05, 4.69) is 44.7 Å². The Labute approximate surface area is 281 Å². The molecule has 2 aliphatic carbocycles. The smallest absolute Gasteiger partial charge is 0.339 e. The quantitative estimate of drug-likeness (QED) is 0.242. The molecule has 0 saturated carbocycles. The van der Waals surface area contributed by atoms with Crippen LogP contribution in [0, 0.1) is 17.8 Å². The van der Waals surface area contributed by atoms with E-state index < -0.39 is 16.0 Å². The van der Waals surface area contributed by atoms with Crippen LogP contribution in [0.4, 0.5) is 0 Å². The van der Waals surface area contributed by atoms with Gasteiger partial charge in [-0.05, 0) is 66.0 Å². The van der Waals surface area contributed by atoms with Gasteiger partial charge in [0, 0.05) is 47.8 Å². The van der Waals surface area contributed by atoms with Crippen molar-refractivity contribution < 1.29 is 22.2 Å². The molecule has 0 bridgehead atoms. The van der Waals surface area contributed by atoms with E-state index in [4.69, 9.17) is 27.4 Å². The lowest BCUT2D eigenvalue weighted by atomic mass is 9.63. The van der Waals surface area contributed by atoms with Crippen LogP contribution in [0.2, 0.25) is 10.0 Å². The second kappa shape index (κ2) is 11.7. The second-order valence-corrected chi connectivity index (χ2v) is 16.6. The first-order valence-electron chi connectivity index (χ1n) is 15.4. The number of halogens is 2. The summed E-state index contributed by atoms with van der Waals surface area (Å²) in [5, 5.41) is -0.0530. The predicted molar refractivity (Wildman–Crippen MR) is 180 cm³/mol. The maximum Gasteiger partial charge on any atom is 0.339 e. The number of benzene rings is 3. The van der Waals surface area contributed by atoms with Gasteiger partial charge in [0.15, 0.2) is 17.3 Å². The molecule has 0 atom stereocenters. The Morgan fingerprint density at radius 2 is 1.28 bits per heavy atom. The van der Waals surface area contributed by atoms with E-state index >= 15 is 0 Å². The number of carbonyl (C=O) groups excluding carboxylic acids is 2. The van der Waals surface area contributed by atoms with Crippen LogP contribution in [0.15, 0.2) is 94.2 Å². The first-order chi connectivity index (χ1) is 21.6. The van der Waals surface area contributed by atoms with Crippen molar-refractivity contribution in [1.82, 2.24) is 4.90 Å². The van der Waals surface area contributed by atoms with Crippen molar-refractivity contribution in [2.75, 3.05) is 0 Å². The molecule has 0 aromatic heterocycles. The zero-order valence-corrected chi connectivity index (χ0v) is 28.9. The fourth-order valence-electron chi connectivity index (χ4n) is 7.03. The van der Waals surface area contributed by atoms with Crippen molar-refractivity contribution in [3.8, 4) is 5.75 Å². The molecule has 0 unspecified atom stereocenters. The van der Waals surface area contributed by atoms with Crippen LogP contribution in [0.5, 0.6) is 5.75 Å². The summed E-state index contributed by atoms with van der Waals surface area (Å²) in [6.45, 7) is 10.8. The highest BCUT2D eigenvalue weighted by molar-refractivity contribution is 7.87. The molecule has 240 valence electrons. The monoisotopic (exact) mass is 677 g/mol. The van der Waals surface area contributed by atoms with Gasteiger partial charge in [0.2, 0.25) is 0 Å². The average Bonchev–Trinajstić information content (AvgIpc) is 2.95. The van der Waals surface area contributed by atoms with Gasteiger partial charge in [-0.25, -0.2) is 0 Å². The van der Waals surface area contributed by atoms with Gasteiger partial charge in [-0.2, -0.15) is 8.42 Å². The molecule has 0 spiro atoms. The zero-order chi connectivity index (χ0) is 33.2. The second-order valence-electron chi connectivity index (χ2n) is 14.3. The van der Waals surface area contributed by atoms with Gasteiger partial charge in [-0.3, -0.25) is 9.59 Å². The molecule has 3 aromatic rings. The number of hydrogen-bond acceptors (Lipinski definition) is 6. The fraction of sp³-hybridized carbons (Fsp3) is 0.351. The minimum Gasteiger partial charge on any atom is -0.376 e. The minimum absolute atomic E-state index is 0.0204. The molecule has 9 heteroatoms. The van der Waals surface area contributed by atoms with E-state index in [1.54, 1.807) is 24.3 Å². The van der Waals surface area contributed by atoms with E-state index in [-0.39, 0.29) is 43.1 Å². The molecular formula is C37H37Cl2NO5S. The average molecular weight is 679 g/mol. The van der Waals surface area contributed by atoms with Crippen LogP contribution in [-0.2, 0) is 26.3 Å². The van der Waals surface area contributed by atoms with Crippen molar-refractivity contribution >= 4 is 44.9 Å². The summed E-state index contributed by atoms with van der Waals surface area (Å²) in [4.78, 5) is 30.5. The lowest BCUT2D eigenvalue weighted by molar-refractivity contribution is -0.119. The Hall–Kier alpha value is -3.39. The topological polar surface area (TPSA) is 80.8 Å². The molecule has 0 N–H and O–H groups in total. The number of rotatable bonds is 6. The molecule has 46 heavy (non-hydrogen) atoms. The lowest BCUT2D eigenvalue weighted by Gasteiger charge is -2.49. The van der Waals surface area contributed by atoms with Gasteiger partial charge in [0.25, 0.3) is 0 Å². The Kier molecular flexibility index (Phi) is 8.27. The van der Waals surface area contributed by atoms with Crippen LogP contribution in [-0.4, -0.2) is 24.9 Å². The maximum atomic E-state index is 14.2. The molecule has 1 heterocycles. The summed E-state index contributed by atoms with van der Waals surface area (Å²) in [6, 6.07) is 19.5. The molecule has 0 fully saturated rings. The first-order valence-corrected chi connectivity index (χ1v) is 17.6. The Bertz CT molecular complexity index is 1850. The fourth-order valence-corrected chi connectivity index (χ4v) is 8.66. The van der Waals surface area contributed by atoms with E-state index in [1.165, 1.54) is 12.1 Å². The predicted octanol–water partition coefficient (Wildman–Crippen LogP) is 8.96. The van der Waals surface area contributed by atoms with Crippen molar-refractivity contribution in [2.24, 2.45) is 10.8 Å². The molecule has 1 aliphatic heterocycles. The van der Waals surface area contributed by atoms with Crippen molar-refractivity contribution in [3.63, 3.8) is 0 Å². The molecule has 6 nitrogen and oxygen atoms in total. The summed E-state index contributed by atoms with van der Waals surface area (Å²) < 4.78 is 31.7. The third kappa shape index (κ3) is 6.17. The summed E-state index contributed by atoms with van der Waals surface area (Å²) in [5.41, 5.74) is 4.95. The molecule has 6 rings (SSSR count). The number of allylic oxidation sites excluding steroid dienone is 4. The van der Waals surface area contributed by atoms with Gasteiger partial charge >= 0.3 is 10.1 Å². The normalized spacial score (nSPS) is 19.7. The van der Waals surface area contributed by atoms with Crippen molar-refractivity contribution in [1.29, 1.82) is 0 Å². The summed E-state index contributed by atoms with van der Waals surface area (Å²) in [7, 11) is -4.23. The van der Waals surface area contributed by atoms with E-state index in [0.29, 0.717) is 48.9 Å². The SMILES string of the molecule is Cc1ccc(S(=O)(=O)Oc2c(Cl)cc(C3C4=C(CC(C)(C)CC4=O)N(Cc4ccccc4)C4=C3C(=O)CC(C)(C)C4)cc2Cl)cc1. The number of aryl methyl sites for hydroxylation is 1. The highest BCUT2D eigenvalue weighted by atomic mass is 35.5. The number of hydrogen-bond donors (Lipinski definition) is 0. The third-order valence-corrected chi connectivity index (χ3v) is 10.9. The van der Waals surface area contributed by atoms with Gasteiger partial charge in [-0.15, -0.1) is 0 Å². The van der Waals surface area contributed by atoms with Crippen LogP contribution in [0.25, 0.3) is 0 Å². The molecule has 3 aromatic carbocycles. The molecule has 0 saturated heterocycles. The first kappa shape index (κ1) is 32.5. The highest BCUT2D eigenvalue weighted by Gasteiger charge is 2.49. The summed E-state index contributed by atoms with van der Waals surface area (Å²) in [6.07, 6.45) is 1.98. The van der Waals surface area contributed by atoms with Crippen molar-refractivity contribution in [3.05, 3.63) is 116 Å². The number of nitrogens with zero attached hydrogens (tertiary/aromatic N) is 1. The Balaban J connectivity index is 1.51. The van der Waals surface area contributed by atoms with Gasteiger partial charge in [0.05, 0.1) is 10.0 Å². The molecule has 0 amide bonds. The minimum atomic E-state index is -4.23. The summed E-state index contributed by atoms with van der Waals surface area (Å²) >= 11 is 13.5. The number of ketones is 2.